The van der Waals surface area contributed by atoms with Crippen molar-refractivity contribution in [3.05, 3.63) is 72.9 Å². The largest absolute Gasteiger partial charge is 0.472 e. The quantitative estimate of drug-likeness (QED) is 0.0151. The predicted octanol–water partition coefficient (Wildman–Crippen LogP) is 8.72. The highest BCUT2D eigenvalue weighted by Crippen LogP contribution is 2.47. The van der Waals surface area contributed by atoms with E-state index in [9.17, 15) is 44.6 Å². The molecule has 14 heteroatoms. The average molecular weight is 883 g/mol. The van der Waals surface area contributed by atoms with Gasteiger partial charge in [-0.2, -0.15) is 0 Å². The van der Waals surface area contributed by atoms with E-state index >= 15 is 0 Å². The van der Waals surface area contributed by atoms with Crippen molar-refractivity contribution in [3.8, 4) is 0 Å². The Morgan fingerprint density at radius 3 is 1.46 bits per heavy atom. The third kappa shape index (κ3) is 29.3. The first-order valence-corrected chi connectivity index (χ1v) is 24.2. The summed E-state index contributed by atoms with van der Waals surface area (Å²) in [4.78, 5) is 35.7. The number of allylic oxidation sites excluding steroid dienone is 12. The fourth-order valence-electron chi connectivity index (χ4n) is 6.37. The number of carbonyl (C=O) groups excluding carboxylic acids is 2. The van der Waals surface area contributed by atoms with Gasteiger partial charge in [0, 0.05) is 12.8 Å². The van der Waals surface area contributed by atoms with E-state index in [0.29, 0.717) is 12.8 Å². The van der Waals surface area contributed by atoms with Gasteiger partial charge in [0.2, 0.25) is 0 Å². The van der Waals surface area contributed by atoms with E-state index in [-0.39, 0.29) is 12.8 Å². The zero-order valence-electron chi connectivity index (χ0n) is 36.9. The number of phosphoric acid groups is 1. The van der Waals surface area contributed by atoms with Crippen LogP contribution in [-0.4, -0.2) is 98.3 Å². The van der Waals surface area contributed by atoms with Gasteiger partial charge in [0.25, 0.3) is 0 Å². The lowest BCUT2D eigenvalue weighted by molar-refractivity contribution is -0.220. The van der Waals surface area contributed by atoms with Gasteiger partial charge in [0.05, 0.1) is 6.61 Å². The molecule has 0 aromatic rings. The van der Waals surface area contributed by atoms with Crippen molar-refractivity contribution in [2.24, 2.45) is 0 Å². The molecule has 13 nitrogen and oxygen atoms in total. The first kappa shape index (κ1) is 56.3. The van der Waals surface area contributed by atoms with Crippen LogP contribution in [0.15, 0.2) is 72.9 Å². The van der Waals surface area contributed by atoms with Crippen LogP contribution in [0.1, 0.15) is 155 Å². The molecule has 0 aromatic carbocycles. The second kappa shape index (κ2) is 36.7. The molecule has 0 saturated heterocycles. The smallest absolute Gasteiger partial charge is 0.462 e. The van der Waals surface area contributed by atoms with E-state index < -0.39 is 75.7 Å². The third-order valence-electron chi connectivity index (χ3n) is 10.0. The summed E-state index contributed by atoms with van der Waals surface area (Å²) in [6, 6.07) is 0. The summed E-state index contributed by atoms with van der Waals surface area (Å²) < 4.78 is 33.5. The van der Waals surface area contributed by atoms with E-state index in [1.165, 1.54) is 25.7 Å². The van der Waals surface area contributed by atoms with Crippen molar-refractivity contribution >= 4 is 19.8 Å². The molecular formula is C47H79O13P. The van der Waals surface area contributed by atoms with E-state index in [0.717, 1.165) is 89.9 Å². The van der Waals surface area contributed by atoms with Gasteiger partial charge >= 0.3 is 19.8 Å². The topological polar surface area (TPSA) is 210 Å². The lowest BCUT2D eigenvalue weighted by Gasteiger charge is -2.41. The fraction of sp³-hybridized carbons (Fsp3) is 0.702. The van der Waals surface area contributed by atoms with Crippen molar-refractivity contribution in [3.63, 3.8) is 0 Å². The lowest BCUT2D eigenvalue weighted by Crippen LogP contribution is -2.64. The number of hydrogen-bond donors (Lipinski definition) is 6. The standard InChI is InChI=1S/C47H79O13P/c1-3-5-7-9-11-13-15-17-18-19-20-21-22-24-25-27-29-31-33-35-40(48)57-37-39(38-58-61(55,56)60-47-45(53)43(51)42(50)44(52)46(47)54)59-41(49)36-34-32-30-28-26-23-16-14-12-10-8-6-4-2/h5,7,11,13-14,16-18,20-21,24-25,39,42-47,50-54H,3-4,6,8-10,12,15,19,22-23,26-38H2,1-2H3,(H,55,56)/b7-5+,13-11+,16-14+,18-17+,21-20+,25-24+/t39-,42?,43-,44?,45?,46?,47?/m0/s1. The molecule has 1 saturated carbocycles. The number of hydrogen-bond acceptors (Lipinski definition) is 12. The minimum atomic E-state index is -5.13. The molecular weight excluding hydrogens is 803 g/mol. The van der Waals surface area contributed by atoms with Gasteiger partial charge in [-0.05, 0) is 83.5 Å². The normalized spacial score (nSPS) is 22.7. The predicted molar refractivity (Wildman–Crippen MR) is 239 cm³/mol. The summed E-state index contributed by atoms with van der Waals surface area (Å²) in [5.74, 6) is -1.15. The van der Waals surface area contributed by atoms with Crippen LogP contribution < -0.4 is 0 Å². The van der Waals surface area contributed by atoms with Crippen LogP contribution in [0.5, 0.6) is 0 Å². The molecule has 350 valence electrons. The van der Waals surface area contributed by atoms with Crippen LogP contribution in [0.2, 0.25) is 0 Å². The number of esters is 2. The number of aliphatic hydroxyl groups excluding tert-OH is 5. The maximum absolute atomic E-state index is 12.8. The number of phosphoric ester groups is 1. The second-order valence-electron chi connectivity index (χ2n) is 15.5. The van der Waals surface area contributed by atoms with E-state index in [4.69, 9.17) is 18.5 Å². The molecule has 6 N–H and O–H groups in total. The molecule has 1 rings (SSSR count). The Bertz CT molecular complexity index is 1340. The van der Waals surface area contributed by atoms with Gasteiger partial charge in [0.15, 0.2) is 6.10 Å². The highest BCUT2D eigenvalue weighted by atomic mass is 31.2. The Kier molecular flexibility index (Phi) is 33.9. The van der Waals surface area contributed by atoms with Gasteiger partial charge < -0.3 is 39.9 Å². The Balaban J connectivity index is 2.49. The first-order chi connectivity index (χ1) is 29.4. The van der Waals surface area contributed by atoms with Crippen LogP contribution in [0.3, 0.4) is 0 Å². The molecule has 0 bridgehead atoms. The SMILES string of the molecule is CC/C=C/C/C=C/C/C=C/C/C=C/C/C=C/CCCCCC(=O)OC[C@@H](COP(=O)(O)OC1C(O)C(O)C(O)[C@H](O)C1O)OC(=O)CCCCCCC/C=C/CCCCCC. The molecule has 1 aliphatic rings. The number of ether oxygens (including phenoxy) is 2. The molecule has 1 fully saturated rings. The summed E-state index contributed by atoms with van der Waals surface area (Å²) in [7, 11) is -5.13. The van der Waals surface area contributed by atoms with Crippen LogP contribution in [-0.2, 0) is 32.7 Å². The molecule has 0 aromatic heterocycles. The summed E-state index contributed by atoms with van der Waals surface area (Å²) in [5, 5.41) is 50.1. The number of unbranched alkanes of at least 4 members (excludes halogenated alkanes) is 12. The molecule has 6 unspecified atom stereocenters. The summed E-state index contributed by atoms with van der Waals surface area (Å²) in [6.07, 6.45) is 32.4. The average Bonchev–Trinajstić information content (AvgIpc) is 3.24. The van der Waals surface area contributed by atoms with Gasteiger partial charge in [-0.1, -0.05) is 132 Å². The van der Waals surface area contributed by atoms with Crippen LogP contribution in [0, 0.1) is 0 Å². The fourth-order valence-corrected chi connectivity index (χ4v) is 7.34. The van der Waals surface area contributed by atoms with Crippen molar-refractivity contribution in [2.75, 3.05) is 13.2 Å². The zero-order valence-corrected chi connectivity index (χ0v) is 37.8. The minimum absolute atomic E-state index is 0.0752. The molecule has 0 amide bonds. The second-order valence-corrected chi connectivity index (χ2v) is 16.9. The van der Waals surface area contributed by atoms with Crippen molar-refractivity contribution in [1.82, 2.24) is 0 Å². The zero-order chi connectivity index (χ0) is 45.0. The lowest BCUT2D eigenvalue weighted by atomic mass is 9.85. The third-order valence-corrected chi connectivity index (χ3v) is 11.0. The van der Waals surface area contributed by atoms with E-state index in [2.05, 4.69) is 86.8 Å². The number of carbonyl (C=O) groups is 2. The van der Waals surface area contributed by atoms with Crippen LogP contribution >= 0.6 is 7.82 Å². The van der Waals surface area contributed by atoms with Crippen LogP contribution in [0.25, 0.3) is 0 Å². The Labute approximate surface area is 365 Å². The van der Waals surface area contributed by atoms with Crippen molar-refractivity contribution < 1.29 is 63.1 Å². The molecule has 61 heavy (non-hydrogen) atoms. The summed E-state index contributed by atoms with van der Waals surface area (Å²) in [5.41, 5.74) is 0. The van der Waals surface area contributed by atoms with E-state index in [1.54, 1.807) is 0 Å². The summed E-state index contributed by atoms with van der Waals surface area (Å²) in [6.45, 7) is 3.12. The highest BCUT2D eigenvalue weighted by molar-refractivity contribution is 7.47. The highest BCUT2D eigenvalue weighted by Gasteiger charge is 2.51. The maximum Gasteiger partial charge on any atom is 0.472 e. The maximum atomic E-state index is 12.8. The minimum Gasteiger partial charge on any atom is -0.462 e. The number of aliphatic hydroxyl groups is 5. The number of rotatable bonds is 36. The molecule has 8 atom stereocenters. The van der Waals surface area contributed by atoms with Gasteiger partial charge in [-0.15, -0.1) is 0 Å². The van der Waals surface area contributed by atoms with E-state index in [1.807, 2.05) is 0 Å². The summed E-state index contributed by atoms with van der Waals surface area (Å²) >= 11 is 0. The monoisotopic (exact) mass is 883 g/mol. The Morgan fingerprint density at radius 1 is 0.525 bits per heavy atom. The van der Waals surface area contributed by atoms with Gasteiger partial charge in [-0.25, -0.2) is 4.57 Å². The van der Waals surface area contributed by atoms with Gasteiger partial charge in [-0.3, -0.25) is 18.6 Å². The molecule has 1 aliphatic carbocycles. The first-order valence-electron chi connectivity index (χ1n) is 22.7. The van der Waals surface area contributed by atoms with Gasteiger partial charge in [0.1, 0.15) is 43.2 Å². The Morgan fingerprint density at radius 2 is 0.934 bits per heavy atom. The molecule has 0 aliphatic heterocycles. The molecule has 0 radical (unpaired) electrons. The Hall–Kier alpha value is -2.71. The van der Waals surface area contributed by atoms with Crippen molar-refractivity contribution in [2.45, 2.75) is 198 Å². The molecule has 0 spiro atoms. The van der Waals surface area contributed by atoms with Crippen molar-refractivity contribution in [1.29, 1.82) is 0 Å². The molecule has 0 heterocycles. The van der Waals surface area contributed by atoms with Crippen LogP contribution in [0.4, 0.5) is 0 Å².